The van der Waals surface area contributed by atoms with Gasteiger partial charge in [0.25, 0.3) is 0 Å². The minimum atomic E-state index is -3.24. The average molecular weight is 586 g/mol. The van der Waals surface area contributed by atoms with Crippen molar-refractivity contribution in [2.75, 3.05) is 14.1 Å². The van der Waals surface area contributed by atoms with E-state index in [0.717, 1.165) is 94.1 Å². The van der Waals surface area contributed by atoms with Crippen molar-refractivity contribution < 1.29 is 7.06 Å². The van der Waals surface area contributed by atoms with Gasteiger partial charge >= 0.3 is 237 Å². The van der Waals surface area contributed by atoms with E-state index in [0.29, 0.717) is 0 Å². The number of halogens is 1. The maximum atomic E-state index is 6.96. The zero-order valence-corrected chi connectivity index (χ0v) is 26.0. The summed E-state index contributed by atoms with van der Waals surface area (Å²) in [4.78, 5) is 9.25. The maximum absolute atomic E-state index is 6.96. The molecule has 4 nitrogen and oxygen atoms in total. The number of nitrogens with zero attached hydrogens (tertiary/aromatic N) is 2. The van der Waals surface area contributed by atoms with Gasteiger partial charge in [0.15, 0.2) is 0 Å². The number of fused-ring (bicyclic) bond motifs is 2. The van der Waals surface area contributed by atoms with Crippen LogP contribution < -0.4 is 7.06 Å². The summed E-state index contributed by atoms with van der Waals surface area (Å²) in [5.41, 5.74) is 4.06. The quantitative estimate of drug-likeness (QED) is 0.123. The van der Waals surface area contributed by atoms with Crippen molar-refractivity contribution in [2.24, 2.45) is 9.98 Å². The molecule has 0 radical (unpaired) electrons. The van der Waals surface area contributed by atoms with E-state index in [2.05, 4.69) is 84.5 Å². The zero-order valence-electron chi connectivity index (χ0n) is 22.8. The van der Waals surface area contributed by atoms with Gasteiger partial charge in [-0.3, -0.25) is 0 Å². The molecule has 0 atom stereocenters. The van der Waals surface area contributed by atoms with Crippen molar-refractivity contribution in [1.29, 1.82) is 0 Å². The number of aliphatic imine (C=N–C) groups is 2. The van der Waals surface area contributed by atoms with Crippen molar-refractivity contribution in [3.63, 3.8) is 0 Å². The SMILES string of the molecule is CCCCC(=NC)c1cc2ccccc2cc1[O][Ga]([Cl])[O]c1cc2ccccc2cc1C(CCCC)=NC. The van der Waals surface area contributed by atoms with Gasteiger partial charge in [-0.05, 0) is 0 Å². The standard InChI is InChI=1S/2C16H19NO.ClH.Ga/c2*1-3-4-9-15(17-2)14-10-12-7-5-6-8-13(12)11-16(14)18;;/h2*5-8,10-11,18H,3-4,9H2,1-2H3;1H;/q;;;+3/p-3. The second-order valence-corrected chi connectivity index (χ2v) is 13.4. The van der Waals surface area contributed by atoms with Gasteiger partial charge in [0.2, 0.25) is 0 Å². The van der Waals surface area contributed by atoms with Gasteiger partial charge in [-0.1, -0.05) is 0 Å². The van der Waals surface area contributed by atoms with E-state index in [4.69, 9.17) is 16.7 Å². The fourth-order valence-electron chi connectivity index (χ4n) is 4.73. The molecule has 0 unspecified atom stereocenters. The number of hydrogen-bond donors (Lipinski definition) is 0. The molecule has 0 bridgehead atoms. The van der Waals surface area contributed by atoms with Crippen LogP contribution in [0.15, 0.2) is 82.8 Å². The molecule has 0 saturated carbocycles. The van der Waals surface area contributed by atoms with Crippen molar-refractivity contribution in [3.8, 4) is 11.5 Å². The second kappa shape index (κ2) is 13.9. The van der Waals surface area contributed by atoms with Gasteiger partial charge in [-0.2, -0.15) is 0 Å². The monoisotopic (exact) mass is 584 g/mol. The van der Waals surface area contributed by atoms with Crippen LogP contribution in [-0.4, -0.2) is 41.5 Å². The van der Waals surface area contributed by atoms with Crippen LogP contribution in [0, 0.1) is 0 Å². The predicted octanol–water partition coefficient (Wildman–Crippen LogP) is 8.89. The first-order valence-electron chi connectivity index (χ1n) is 13.5. The molecule has 0 aliphatic rings. The van der Waals surface area contributed by atoms with Crippen molar-refractivity contribution in [2.45, 2.75) is 52.4 Å². The first kappa shape index (κ1) is 28.3. The van der Waals surface area contributed by atoms with Gasteiger partial charge in [-0.15, -0.1) is 0 Å². The summed E-state index contributed by atoms with van der Waals surface area (Å²) >= 11 is -3.24. The first-order chi connectivity index (χ1) is 18.6. The Labute approximate surface area is 236 Å². The number of benzene rings is 4. The fourth-order valence-corrected chi connectivity index (χ4v) is 7.49. The molecule has 4 aromatic carbocycles. The van der Waals surface area contributed by atoms with Crippen LogP contribution in [0.2, 0.25) is 0 Å². The van der Waals surface area contributed by atoms with Crippen LogP contribution in [0.4, 0.5) is 0 Å². The van der Waals surface area contributed by atoms with E-state index >= 15 is 0 Å². The van der Waals surface area contributed by atoms with Crippen molar-refractivity contribution in [3.05, 3.63) is 83.9 Å². The molecule has 0 heterocycles. The molecule has 0 aliphatic carbocycles. The van der Waals surface area contributed by atoms with E-state index in [9.17, 15) is 0 Å². The Morgan fingerprint density at radius 3 is 1.37 bits per heavy atom. The molecule has 0 N–H and O–H groups in total. The third-order valence-electron chi connectivity index (χ3n) is 6.83. The van der Waals surface area contributed by atoms with E-state index in [1.807, 2.05) is 26.2 Å². The number of hydrogen-bond acceptors (Lipinski definition) is 4. The van der Waals surface area contributed by atoms with E-state index in [1.54, 1.807) is 0 Å². The van der Waals surface area contributed by atoms with Crippen molar-refractivity contribution in [1.82, 2.24) is 0 Å². The van der Waals surface area contributed by atoms with Crippen LogP contribution in [0.1, 0.15) is 63.5 Å². The van der Waals surface area contributed by atoms with Gasteiger partial charge in [0.05, 0.1) is 0 Å². The summed E-state index contributed by atoms with van der Waals surface area (Å²) in [7, 11) is 10.7. The zero-order chi connectivity index (χ0) is 26.9. The third-order valence-corrected chi connectivity index (χ3v) is 9.60. The summed E-state index contributed by atoms with van der Waals surface area (Å²) in [5.74, 6) is 1.50. The minimum absolute atomic E-state index is 0.748. The van der Waals surface area contributed by atoms with Crippen LogP contribution in [-0.2, 0) is 0 Å². The van der Waals surface area contributed by atoms with E-state index in [-0.39, 0.29) is 0 Å². The Morgan fingerprint density at radius 2 is 1.03 bits per heavy atom. The topological polar surface area (TPSA) is 43.2 Å². The Morgan fingerprint density at radius 1 is 0.658 bits per heavy atom. The molecule has 0 saturated heterocycles. The second-order valence-electron chi connectivity index (χ2n) is 9.45. The average Bonchev–Trinajstić information content (AvgIpc) is 2.94. The molecule has 0 amide bonds. The molecule has 6 heteroatoms. The summed E-state index contributed by atoms with van der Waals surface area (Å²) < 4.78 is 13.0. The Bertz CT molecular complexity index is 1340. The molecule has 4 rings (SSSR count). The van der Waals surface area contributed by atoms with Crippen LogP contribution >= 0.6 is 9.64 Å². The molecule has 0 aliphatic heterocycles. The Balaban J connectivity index is 1.70. The molecule has 38 heavy (non-hydrogen) atoms. The van der Waals surface area contributed by atoms with Crippen LogP contribution in [0.25, 0.3) is 21.5 Å². The summed E-state index contributed by atoms with van der Waals surface area (Å²) in [6, 6.07) is 25.1. The number of rotatable bonds is 12. The van der Waals surface area contributed by atoms with Gasteiger partial charge in [0, 0.05) is 0 Å². The summed E-state index contributed by atoms with van der Waals surface area (Å²) in [5, 5.41) is 4.52. The first-order valence-corrected chi connectivity index (χ1v) is 18.7. The van der Waals surface area contributed by atoms with Crippen LogP contribution in [0.3, 0.4) is 0 Å². The summed E-state index contributed by atoms with van der Waals surface area (Å²) in [6.45, 7) is 4.39. The molecule has 0 spiro atoms. The van der Waals surface area contributed by atoms with Gasteiger partial charge in [-0.25, -0.2) is 0 Å². The number of unbranched alkanes of at least 4 members (excludes halogenated alkanes) is 2. The van der Waals surface area contributed by atoms with Gasteiger partial charge in [0.1, 0.15) is 0 Å². The van der Waals surface area contributed by atoms with E-state index < -0.39 is 15.9 Å². The molecule has 196 valence electrons. The molecular formula is C32H36ClGaN2O2. The van der Waals surface area contributed by atoms with Crippen LogP contribution in [0.5, 0.6) is 11.5 Å². The predicted molar refractivity (Wildman–Crippen MR) is 165 cm³/mol. The summed E-state index contributed by atoms with van der Waals surface area (Å²) in [6.07, 6.45) is 6.13. The van der Waals surface area contributed by atoms with Gasteiger partial charge < -0.3 is 0 Å². The van der Waals surface area contributed by atoms with Crippen molar-refractivity contribution >= 4 is 58.6 Å². The Hall–Kier alpha value is -2.73. The molecule has 0 aromatic heterocycles. The van der Waals surface area contributed by atoms with E-state index in [1.165, 1.54) is 0 Å². The molecule has 0 fully saturated rings. The fraction of sp³-hybridized carbons (Fsp3) is 0.312. The molecule has 4 aromatic rings. The Kier molecular flexibility index (Phi) is 10.3. The normalized spacial score (nSPS) is 12.2. The third kappa shape index (κ3) is 6.82. The molecular weight excluding hydrogens is 550 g/mol.